The third-order valence-corrected chi connectivity index (χ3v) is 4.36. The third-order valence-electron chi connectivity index (χ3n) is 3.81. The number of halogens is 2. The van der Waals surface area contributed by atoms with Gasteiger partial charge in [-0.2, -0.15) is 0 Å². The summed E-state index contributed by atoms with van der Waals surface area (Å²) >= 11 is 12.4. The van der Waals surface area contributed by atoms with Crippen LogP contribution in [0.3, 0.4) is 0 Å². The molecular weight excluding hydrogens is 317 g/mol. The van der Waals surface area contributed by atoms with Crippen molar-refractivity contribution < 1.29 is 0 Å². The molecule has 0 radical (unpaired) electrons. The number of fused-ring (bicyclic) bond motifs is 1. The highest BCUT2D eigenvalue weighted by Gasteiger charge is 2.20. The summed E-state index contributed by atoms with van der Waals surface area (Å²) < 4.78 is 2.10. The molecule has 2 heterocycles. The van der Waals surface area contributed by atoms with E-state index in [1.807, 2.05) is 24.3 Å². The maximum Gasteiger partial charge on any atom is 0.137 e. The van der Waals surface area contributed by atoms with Crippen molar-refractivity contribution in [2.24, 2.45) is 5.73 Å². The lowest BCUT2D eigenvalue weighted by Gasteiger charge is -2.12. The van der Waals surface area contributed by atoms with Crippen molar-refractivity contribution >= 4 is 28.8 Å². The first-order valence-corrected chi connectivity index (χ1v) is 7.91. The molecule has 0 spiro atoms. The molecule has 3 aromatic rings. The largest absolute Gasteiger partial charge is 0.330 e. The number of imidazole rings is 1. The van der Waals surface area contributed by atoms with Gasteiger partial charge in [-0.1, -0.05) is 36.2 Å². The molecule has 3 nitrogen and oxygen atoms in total. The Hall–Kier alpha value is -1.55. The fourth-order valence-electron chi connectivity index (χ4n) is 2.63. The Morgan fingerprint density at radius 1 is 1.23 bits per heavy atom. The van der Waals surface area contributed by atoms with E-state index in [9.17, 15) is 0 Å². The molecule has 2 N–H and O–H groups in total. The second-order valence-electron chi connectivity index (χ2n) is 5.54. The smallest absolute Gasteiger partial charge is 0.137 e. The molecule has 0 saturated heterocycles. The molecule has 0 aliphatic carbocycles. The lowest BCUT2D eigenvalue weighted by molar-refractivity contribution is 0.738. The summed E-state index contributed by atoms with van der Waals surface area (Å²) in [6.07, 6.45) is 2.08. The normalized spacial score (nSPS) is 12.8. The molecule has 0 bridgehead atoms. The zero-order valence-corrected chi connectivity index (χ0v) is 14.0. The maximum atomic E-state index is 6.38. The first-order valence-electron chi connectivity index (χ1n) is 7.15. The highest BCUT2D eigenvalue weighted by Crippen LogP contribution is 2.35. The molecule has 3 rings (SSSR count). The molecule has 0 aliphatic rings. The van der Waals surface area contributed by atoms with Gasteiger partial charge in [0.1, 0.15) is 5.65 Å². The van der Waals surface area contributed by atoms with Gasteiger partial charge in [0.15, 0.2) is 0 Å². The Balaban J connectivity index is 2.32. The average Bonchev–Trinajstić information content (AvgIpc) is 2.84. The fourth-order valence-corrected chi connectivity index (χ4v) is 3.13. The van der Waals surface area contributed by atoms with Crippen molar-refractivity contribution in [2.75, 3.05) is 6.54 Å². The summed E-state index contributed by atoms with van der Waals surface area (Å²) in [7, 11) is 0. The minimum atomic E-state index is 0.165. The maximum absolute atomic E-state index is 6.38. The fraction of sp³-hybridized carbons (Fsp3) is 0.235. The number of pyridine rings is 1. The van der Waals surface area contributed by atoms with Crippen LogP contribution in [-0.4, -0.2) is 15.9 Å². The van der Waals surface area contributed by atoms with Crippen LogP contribution in [0.5, 0.6) is 0 Å². The lowest BCUT2D eigenvalue weighted by atomic mass is 10.0. The van der Waals surface area contributed by atoms with E-state index < -0.39 is 0 Å². The summed E-state index contributed by atoms with van der Waals surface area (Å²) in [4.78, 5) is 4.76. The topological polar surface area (TPSA) is 43.3 Å². The Labute approximate surface area is 139 Å². The van der Waals surface area contributed by atoms with Gasteiger partial charge < -0.3 is 10.1 Å². The number of nitrogens with zero attached hydrogens (tertiary/aromatic N) is 2. The number of hydrogen-bond donors (Lipinski definition) is 1. The summed E-state index contributed by atoms with van der Waals surface area (Å²) in [6, 6.07) is 9.54. The van der Waals surface area contributed by atoms with Gasteiger partial charge >= 0.3 is 0 Å². The molecule has 1 atom stereocenters. The summed E-state index contributed by atoms with van der Waals surface area (Å²) in [5, 5.41) is 1.21. The van der Waals surface area contributed by atoms with Gasteiger partial charge in [-0.05, 0) is 36.8 Å². The molecule has 0 amide bonds. The first kappa shape index (κ1) is 15.3. The van der Waals surface area contributed by atoms with Crippen LogP contribution in [0.25, 0.3) is 16.9 Å². The van der Waals surface area contributed by atoms with Crippen molar-refractivity contribution in [2.45, 2.75) is 19.8 Å². The predicted molar refractivity (Wildman–Crippen MR) is 92.9 cm³/mol. The molecular formula is C17H17Cl2N3. The zero-order valence-electron chi connectivity index (χ0n) is 12.5. The van der Waals surface area contributed by atoms with E-state index in [1.165, 1.54) is 5.56 Å². The summed E-state index contributed by atoms with van der Waals surface area (Å²) in [5.74, 6) is 0.165. The molecule has 2 aromatic heterocycles. The molecule has 114 valence electrons. The van der Waals surface area contributed by atoms with E-state index in [-0.39, 0.29) is 5.92 Å². The quantitative estimate of drug-likeness (QED) is 0.756. The minimum Gasteiger partial charge on any atom is -0.330 e. The van der Waals surface area contributed by atoms with Gasteiger partial charge in [-0.25, -0.2) is 4.98 Å². The Bertz CT molecular complexity index is 839. The van der Waals surface area contributed by atoms with Crippen molar-refractivity contribution in [3.63, 3.8) is 0 Å². The van der Waals surface area contributed by atoms with E-state index in [0.29, 0.717) is 16.6 Å². The summed E-state index contributed by atoms with van der Waals surface area (Å²) in [6.45, 7) is 4.70. The van der Waals surface area contributed by atoms with Crippen LogP contribution >= 0.6 is 23.2 Å². The van der Waals surface area contributed by atoms with Gasteiger partial charge in [0, 0.05) is 29.2 Å². The lowest BCUT2D eigenvalue weighted by Crippen LogP contribution is -2.12. The molecule has 1 aromatic carbocycles. The van der Waals surface area contributed by atoms with Crippen LogP contribution < -0.4 is 5.73 Å². The Kier molecular flexibility index (Phi) is 4.13. The SMILES string of the molecule is Cc1ccc2nc(-c3ccc(Cl)cc3Cl)c(C(C)CN)n2c1. The van der Waals surface area contributed by atoms with Crippen molar-refractivity contribution in [3.8, 4) is 11.3 Å². The first-order chi connectivity index (χ1) is 10.5. The van der Waals surface area contributed by atoms with Crippen LogP contribution in [-0.2, 0) is 0 Å². The van der Waals surface area contributed by atoms with Crippen LogP contribution in [0.4, 0.5) is 0 Å². The molecule has 22 heavy (non-hydrogen) atoms. The Morgan fingerprint density at radius 2 is 2.00 bits per heavy atom. The number of benzene rings is 1. The van der Waals surface area contributed by atoms with Crippen LogP contribution in [0.15, 0.2) is 36.5 Å². The Morgan fingerprint density at radius 3 is 2.68 bits per heavy atom. The van der Waals surface area contributed by atoms with Gasteiger partial charge in [-0.3, -0.25) is 0 Å². The van der Waals surface area contributed by atoms with Crippen molar-refractivity contribution in [3.05, 3.63) is 57.8 Å². The van der Waals surface area contributed by atoms with Crippen LogP contribution in [0.2, 0.25) is 10.0 Å². The van der Waals surface area contributed by atoms with E-state index in [0.717, 1.165) is 22.6 Å². The number of rotatable bonds is 3. The highest BCUT2D eigenvalue weighted by atomic mass is 35.5. The van der Waals surface area contributed by atoms with Gasteiger partial charge in [-0.15, -0.1) is 0 Å². The van der Waals surface area contributed by atoms with Crippen LogP contribution in [0, 0.1) is 6.92 Å². The third kappa shape index (κ3) is 2.60. The predicted octanol–water partition coefficient (Wildman–Crippen LogP) is 4.68. The molecule has 1 unspecified atom stereocenters. The molecule has 0 fully saturated rings. The monoisotopic (exact) mass is 333 g/mol. The van der Waals surface area contributed by atoms with Gasteiger partial charge in [0.2, 0.25) is 0 Å². The number of nitrogens with two attached hydrogens (primary N) is 1. The standard InChI is InChI=1S/C17H17Cl2N3/c1-10-3-6-15-21-16(13-5-4-12(18)7-14(13)19)17(11(2)8-20)22(15)9-10/h3-7,9,11H,8,20H2,1-2H3. The van der Waals surface area contributed by atoms with Crippen LogP contribution in [0.1, 0.15) is 24.1 Å². The highest BCUT2D eigenvalue weighted by molar-refractivity contribution is 6.36. The van der Waals surface area contributed by atoms with E-state index >= 15 is 0 Å². The van der Waals surface area contributed by atoms with Gasteiger partial charge in [0.05, 0.1) is 16.4 Å². The van der Waals surface area contributed by atoms with E-state index in [1.54, 1.807) is 6.07 Å². The van der Waals surface area contributed by atoms with Crippen molar-refractivity contribution in [1.29, 1.82) is 0 Å². The summed E-state index contributed by atoms with van der Waals surface area (Å²) in [5.41, 5.74) is 10.8. The second kappa shape index (κ2) is 5.92. The molecule has 5 heteroatoms. The van der Waals surface area contributed by atoms with Crippen molar-refractivity contribution in [1.82, 2.24) is 9.38 Å². The number of aromatic nitrogens is 2. The number of aryl methyl sites for hydroxylation is 1. The zero-order chi connectivity index (χ0) is 15.9. The van der Waals surface area contributed by atoms with E-state index in [2.05, 4.69) is 24.4 Å². The van der Waals surface area contributed by atoms with Gasteiger partial charge in [0.25, 0.3) is 0 Å². The van der Waals surface area contributed by atoms with E-state index in [4.69, 9.17) is 33.9 Å². The molecule has 0 saturated carbocycles. The second-order valence-corrected chi connectivity index (χ2v) is 6.38. The number of hydrogen-bond acceptors (Lipinski definition) is 2. The minimum absolute atomic E-state index is 0.165. The average molecular weight is 334 g/mol. The molecule has 0 aliphatic heterocycles.